The van der Waals surface area contributed by atoms with Crippen molar-refractivity contribution >= 4 is 21.9 Å². The van der Waals surface area contributed by atoms with E-state index in [4.69, 9.17) is 19.9 Å². The molecule has 4 rings (SSSR count). The maximum absolute atomic E-state index is 12.6. The van der Waals surface area contributed by atoms with Crippen molar-refractivity contribution in [3.05, 3.63) is 99.3 Å². The number of halogens is 1. The van der Waals surface area contributed by atoms with Gasteiger partial charge in [-0.15, -0.1) is 0 Å². The lowest BCUT2D eigenvalue weighted by Gasteiger charge is -2.26. The van der Waals surface area contributed by atoms with Crippen LogP contribution >= 0.6 is 15.9 Å². The topological polar surface area (TPSA) is 94.6 Å². The molecular formula is C27H23BrN2O4. The number of benzene rings is 3. The second kappa shape index (κ2) is 10.4. The van der Waals surface area contributed by atoms with Crippen LogP contribution in [0, 0.1) is 11.3 Å². The highest BCUT2D eigenvalue weighted by Crippen LogP contribution is 2.43. The number of fused-ring (bicyclic) bond motifs is 1. The molecule has 2 N–H and O–H groups in total. The number of allylic oxidation sites excluding steroid dienone is 1. The second-order valence-electron chi connectivity index (χ2n) is 7.76. The third kappa shape index (κ3) is 4.92. The minimum absolute atomic E-state index is 0.0255. The molecule has 1 heterocycles. The van der Waals surface area contributed by atoms with Crippen LogP contribution in [0.25, 0.3) is 0 Å². The first-order valence-corrected chi connectivity index (χ1v) is 11.7. The third-order valence-corrected chi connectivity index (χ3v) is 6.17. The summed E-state index contributed by atoms with van der Waals surface area (Å²) in [6.45, 7) is 2.77. The van der Waals surface area contributed by atoms with Crippen LogP contribution in [0.15, 0.2) is 82.7 Å². The zero-order chi connectivity index (χ0) is 24.1. The Morgan fingerprint density at radius 1 is 1.12 bits per heavy atom. The van der Waals surface area contributed by atoms with Gasteiger partial charge in [-0.05, 0) is 58.2 Å². The van der Waals surface area contributed by atoms with Crippen molar-refractivity contribution in [1.82, 2.24) is 0 Å². The summed E-state index contributed by atoms with van der Waals surface area (Å²) in [5.74, 6) is 0.631. The van der Waals surface area contributed by atoms with E-state index in [0.717, 1.165) is 29.7 Å². The van der Waals surface area contributed by atoms with Crippen LogP contribution in [0.5, 0.6) is 17.2 Å². The summed E-state index contributed by atoms with van der Waals surface area (Å²) in [6, 6.07) is 21.9. The number of unbranched alkanes of at least 4 members (excludes halogenated alkanes) is 1. The monoisotopic (exact) mass is 518 g/mol. The molecule has 3 aromatic carbocycles. The lowest BCUT2D eigenvalue weighted by atomic mass is 9.83. The fourth-order valence-electron chi connectivity index (χ4n) is 3.72. The SMILES string of the molecule is CCCCOc1ccc(C2C(C#N)=C(N)Oc3cc(OC(=O)c4ccccc4Br)ccc32)cc1. The molecule has 1 aliphatic heterocycles. The Balaban J connectivity index is 1.62. The molecular weight excluding hydrogens is 496 g/mol. The summed E-state index contributed by atoms with van der Waals surface area (Å²) >= 11 is 3.36. The van der Waals surface area contributed by atoms with Crippen molar-refractivity contribution in [2.24, 2.45) is 5.73 Å². The quantitative estimate of drug-likeness (QED) is 0.232. The van der Waals surface area contributed by atoms with E-state index in [-0.39, 0.29) is 5.88 Å². The first-order chi connectivity index (χ1) is 16.5. The molecule has 7 heteroatoms. The number of nitrogens with zero attached hydrogens (tertiary/aromatic N) is 1. The van der Waals surface area contributed by atoms with Gasteiger partial charge in [0.05, 0.1) is 18.1 Å². The lowest BCUT2D eigenvalue weighted by Crippen LogP contribution is -2.21. The first kappa shape index (κ1) is 23.4. The molecule has 172 valence electrons. The molecule has 0 amide bonds. The molecule has 34 heavy (non-hydrogen) atoms. The van der Waals surface area contributed by atoms with Gasteiger partial charge in [0.25, 0.3) is 0 Å². The van der Waals surface area contributed by atoms with Crippen LogP contribution in [-0.2, 0) is 0 Å². The van der Waals surface area contributed by atoms with Crippen molar-refractivity contribution in [3.63, 3.8) is 0 Å². The van der Waals surface area contributed by atoms with E-state index >= 15 is 0 Å². The van der Waals surface area contributed by atoms with Crippen LogP contribution in [0.1, 0.15) is 47.2 Å². The van der Waals surface area contributed by atoms with Crippen molar-refractivity contribution in [2.45, 2.75) is 25.7 Å². The first-order valence-electron chi connectivity index (χ1n) is 10.9. The zero-order valence-electron chi connectivity index (χ0n) is 18.6. The predicted molar refractivity (Wildman–Crippen MR) is 132 cm³/mol. The van der Waals surface area contributed by atoms with Gasteiger partial charge in [-0.3, -0.25) is 0 Å². The average molecular weight is 519 g/mol. The number of nitrogens with two attached hydrogens (primary N) is 1. The number of nitriles is 1. The van der Waals surface area contributed by atoms with Crippen LogP contribution in [-0.4, -0.2) is 12.6 Å². The number of hydrogen-bond donors (Lipinski definition) is 1. The van der Waals surface area contributed by atoms with Crippen LogP contribution in [0.2, 0.25) is 0 Å². The van der Waals surface area contributed by atoms with Gasteiger partial charge >= 0.3 is 5.97 Å². The average Bonchev–Trinajstić information content (AvgIpc) is 2.84. The summed E-state index contributed by atoms with van der Waals surface area (Å²) < 4.78 is 17.7. The minimum atomic E-state index is -0.500. The van der Waals surface area contributed by atoms with Gasteiger partial charge in [0.2, 0.25) is 5.88 Å². The highest BCUT2D eigenvalue weighted by molar-refractivity contribution is 9.10. The van der Waals surface area contributed by atoms with E-state index in [1.165, 1.54) is 0 Å². The maximum Gasteiger partial charge on any atom is 0.344 e. The molecule has 3 aromatic rings. The molecule has 0 saturated carbocycles. The van der Waals surface area contributed by atoms with Gasteiger partial charge < -0.3 is 19.9 Å². The van der Waals surface area contributed by atoms with Crippen molar-refractivity contribution in [3.8, 4) is 23.3 Å². The van der Waals surface area contributed by atoms with Crippen LogP contribution in [0.3, 0.4) is 0 Å². The van der Waals surface area contributed by atoms with Gasteiger partial charge in [-0.25, -0.2) is 4.79 Å². The Morgan fingerprint density at radius 2 is 1.85 bits per heavy atom. The molecule has 0 spiro atoms. The number of carbonyl (C=O) groups excluding carboxylic acids is 1. The van der Waals surface area contributed by atoms with Gasteiger partial charge in [-0.1, -0.05) is 43.7 Å². The standard InChI is InChI=1S/C27H23BrN2O4/c1-2-3-14-32-18-10-8-17(9-11-18)25-21-13-12-19(15-24(21)34-26(30)22(25)16-29)33-27(31)20-6-4-5-7-23(20)28/h4-13,15,25H,2-3,14,30H2,1H3. The fraction of sp³-hybridized carbons (Fsp3) is 0.185. The largest absolute Gasteiger partial charge is 0.494 e. The zero-order valence-corrected chi connectivity index (χ0v) is 20.2. The van der Waals surface area contributed by atoms with E-state index in [1.54, 1.807) is 36.4 Å². The minimum Gasteiger partial charge on any atom is -0.494 e. The smallest absolute Gasteiger partial charge is 0.344 e. The van der Waals surface area contributed by atoms with Crippen molar-refractivity contribution in [1.29, 1.82) is 5.26 Å². The molecule has 1 atom stereocenters. The summed E-state index contributed by atoms with van der Waals surface area (Å²) in [5, 5.41) is 9.78. The predicted octanol–water partition coefficient (Wildman–Crippen LogP) is 6.07. The van der Waals surface area contributed by atoms with Crippen LogP contribution in [0.4, 0.5) is 0 Å². The molecule has 0 saturated heterocycles. The van der Waals surface area contributed by atoms with Crippen LogP contribution < -0.4 is 19.9 Å². The van der Waals surface area contributed by atoms with E-state index in [9.17, 15) is 10.1 Å². The molecule has 0 aliphatic carbocycles. The van der Waals surface area contributed by atoms with Gasteiger partial charge in [0, 0.05) is 16.1 Å². The number of rotatable bonds is 7. The molecule has 1 unspecified atom stereocenters. The molecule has 0 fully saturated rings. The Kier molecular flexibility index (Phi) is 7.19. The molecule has 0 aromatic heterocycles. The highest BCUT2D eigenvalue weighted by atomic mass is 79.9. The molecule has 1 aliphatic rings. The summed E-state index contributed by atoms with van der Waals surface area (Å²) in [4.78, 5) is 12.6. The maximum atomic E-state index is 12.6. The molecule has 0 radical (unpaired) electrons. The summed E-state index contributed by atoms with van der Waals surface area (Å²) in [6.07, 6.45) is 2.05. The Labute approximate surface area is 206 Å². The van der Waals surface area contributed by atoms with Gasteiger partial charge in [0.1, 0.15) is 28.9 Å². The lowest BCUT2D eigenvalue weighted by molar-refractivity contribution is 0.0733. The third-order valence-electron chi connectivity index (χ3n) is 5.47. The molecule has 6 nitrogen and oxygen atoms in total. The Bertz CT molecular complexity index is 1280. The highest BCUT2D eigenvalue weighted by Gasteiger charge is 2.31. The van der Waals surface area contributed by atoms with Crippen molar-refractivity contribution in [2.75, 3.05) is 6.61 Å². The molecule has 0 bridgehead atoms. The Morgan fingerprint density at radius 3 is 2.56 bits per heavy atom. The second-order valence-corrected chi connectivity index (χ2v) is 8.62. The van der Waals surface area contributed by atoms with E-state index < -0.39 is 11.9 Å². The van der Waals surface area contributed by atoms with E-state index in [0.29, 0.717) is 33.7 Å². The van der Waals surface area contributed by atoms with Gasteiger partial charge in [0.15, 0.2) is 0 Å². The normalized spacial score (nSPS) is 14.6. The summed E-state index contributed by atoms with van der Waals surface area (Å²) in [7, 11) is 0. The van der Waals surface area contributed by atoms with Gasteiger partial charge in [-0.2, -0.15) is 5.26 Å². The van der Waals surface area contributed by atoms with E-state index in [1.807, 2.05) is 30.3 Å². The number of esters is 1. The van der Waals surface area contributed by atoms with Crippen molar-refractivity contribution < 1.29 is 19.0 Å². The number of carbonyl (C=O) groups is 1. The fourth-order valence-corrected chi connectivity index (χ4v) is 4.17. The van der Waals surface area contributed by atoms with E-state index in [2.05, 4.69) is 28.9 Å². The summed E-state index contributed by atoms with van der Waals surface area (Å²) in [5.41, 5.74) is 8.47. The number of ether oxygens (including phenoxy) is 3. The Hall–Kier alpha value is -3.76. The number of hydrogen-bond acceptors (Lipinski definition) is 6.